The largest absolute Gasteiger partial charge is 0.383 e. The average molecular weight is 369 g/mol. The summed E-state index contributed by atoms with van der Waals surface area (Å²) in [6.07, 6.45) is -0.302. The van der Waals surface area contributed by atoms with Gasteiger partial charge in [0.2, 0.25) is 5.91 Å². The zero-order valence-electron chi connectivity index (χ0n) is 15.1. The van der Waals surface area contributed by atoms with Gasteiger partial charge in [0.1, 0.15) is 6.10 Å². The Bertz CT molecular complexity index is 808. The van der Waals surface area contributed by atoms with Crippen molar-refractivity contribution in [2.45, 2.75) is 18.9 Å². The minimum Gasteiger partial charge on any atom is -0.383 e. The number of nitrogens with two attached hydrogens (primary N) is 1. The number of carbonyl (C=O) groups excluding carboxylic acids is 3. The molecule has 1 unspecified atom stereocenters. The summed E-state index contributed by atoms with van der Waals surface area (Å²) in [5.74, 6) is -1.55. The molecule has 0 aliphatic rings. The van der Waals surface area contributed by atoms with Gasteiger partial charge in [0, 0.05) is 18.3 Å². The quantitative estimate of drug-likeness (QED) is 0.648. The summed E-state index contributed by atoms with van der Waals surface area (Å²) >= 11 is 0. The number of benzene rings is 2. The lowest BCUT2D eigenvalue weighted by Crippen LogP contribution is -2.35. The third-order valence-electron chi connectivity index (χ3n) is 3.97. The zero-order chi connectivity index (χ0) is 19.8. The number of carbonyl (C=O) groups is 3. The number of rotatable bonds is 8. The summed E-state index contributed by atoms with van der Waals surface area (Å²) in [6, 6.07) is 15.9. The summed E-state index contributed by atoms with van der Waals surface area (Å²) in [4.78, 5) is 36.6. The van der Waals surface area contributed by atoms with Gasteiger partial charge in [0.15, 0.2) is 0 Å². The lowest BCUT2D eigenvalue weighted by molar-refractivity contribution is -0.124. The third kappa shape index (κ3) is 6.23. The van der Waals surface area contributed by atoms with E-state index in [1.807, 2.05) is 30.3 Å². The highest BCUT2D eigenvalue weighted by Gasteiger charge is 2.17. The Kier molecular flexibility index (Phi) is 7.08. The van der Waals surface area contributed by atoms with E-state index in [1.165, 1.54) is 18.0 Å². The molecular weight excluding hydrogens is 346 g/mol. The first kappa shape index (κ1) is 20.1. The van der Waals surface area contributed by atoms with Crippen molar-refractivity contribution in [3.63, 3.8) is 0 Å². The van der Waals surface area contributed by atoms with Crippen LogP contribution in [-0.2, 0) is 16.0 Å². The van der Waals surface area contributed by atoms with Crippen molar-refractivity contribution in [2.24, 2.45) is 5.73 Å². The SMILES string of the molecule is CN(CC(N)=O)C(=O)c1cccc(NC(=O)C(O)CCc2ccccc2)c1. The van der Waals surface area contributed by atoms with E-state index >= 15 is 0 Å². The second-order valence-electron chi connectivity index (χ2n) is 6.24. The molecule has 0 aliphatic carbocycles. The first-order valence-electron chi connectivity index (χ1n) is 8.53. The fourth-order valence-electron chi connectivity index (χ4n) is 2.56. The van der Waals surface area contributed by atoms with E-state index in [9.17, 15) is 19.5 Å². The predicted octanol–water partition coefficient (Wildman–Crippen LogP) is 1.18. The lowest BCUT2D eigenvalue weighted by atomic mass is 10.1. The predicted molar refractivity (Wildman–Crippen MR) is 102 cm³/mol. The molecule has 0 spiro atoms. The van der Waals surface area contributed by atoms with Gasteiger partial charge >= 0.3 is 0 Å². The van der Waals surface area contributed by atoms with Crippen LogP contribution in [0.1, 0.15) is 22.3 Å². The van der Waals surface area contributed by atoms with Crippen molar-refractivity contribution in [3.8, 4) is 0 Å². The topological polar surface area (TPSA) is 113 Å². The summed E-state index contributed by atoms with van der Waals surface area (Å²) in [5, 5.41) is 12.7. The van der Waals surface area contributed by atoms with Gasteiger partial charge in [-0.25, -0.2) is 0 Å². The van der Waals surface area contributed by atoms with Crippen molar-refractivity contribution in [1.29, 1.82) is 0 Å². The lowest BCUT2D eigenvalue weighted by Gasteiger charge is -2.16. The van der Waals surface area contributed by atoms with E-state index < -0.39 is 23.8 Å². The Morgan fingerprint density at radius 1 is 1.11 bits per heavy atom. The van der Waals surface area contributed by atoms with Crippen LogP contribution < -0.4 is 11.1 Å². The summed E-state index contributed by atoms with van der Waals surface area (Å²) < 4.78 is 0. The zero-order valence-corrected chi connectivity index (χ0v) is 15.1. The van der Waals surface area contributed by atoms with Crippen molar-refractivity contribution < 1.29 is 19.5 Å². The molecule has 2 aromatic rings. The minimum atomic E-state index is -1.16. The number of hydrogen-bond donors (Lipinski definition) is 3. The van der Waals surface area contributed by atoms with E-state index in [2.05, 4.69) is 5.32 Å². The van der Waals surface area contributed by atoms with Crippen LogP contribution in [0.3, 0.4) is 0 Å². The Balaban J connectivity index is 1.95. The molecule has 0 saturated carbocycles. The third-order valence-corrected chi connectivity index (χ3v) is 3.97. The van der Waals surface area contributed by atoms with Crippen LogP contribution in [0.15, 0.2) is 54.6 Å². The second kappa shape index (κ2) is 9.49. The van der Waals surface area contributed by atoms with E-state index in [0.29, 0.717) is 17.7 Å². The Morgan fingerprint density at radius 2 is 1.81 bits per heavy atom. The molecule has 0 bridgehead atoms. The number of nitrogens with one attached hydrogen (secondary N) is 1. The molecule has 7 heteroatoms. The average Bonchev–Trinajstić information content (AvgIpc) is 2.66. The van der Waals surface area contributed by atoms with Crippen LogP contribution in [0.4, 0.5) is 5.69 Å². The summed E-state index contributed by atoms with van der Waals surface area (Å²) in [6.45, 7) is -0.201. The van der Waals surface area contributed by atoms with Gasteiger partial charge in [-0.15, -0.1) is 0 Å². The minimum absolute atomic E-state index is 0.201. The molecule has 1 atom stereocenters. The number of primary amides is 1. The maximum atomic E-state index is 12.3. The van der Waals surface area contributed by atoms with Gasteiger partial charge in [-0.05, 0) is 36.6 Å². The van der Waals surface area contributed by atoms with Crippen molar-refractivity contribution in [2.75, 3.05) is 18.9 Å². The van der Waals surface area contributed by atoms with Crippen molar-refractivity contribution in [3.05, 3.63) is 65.7 Å². The Hall–Kier alpha value is -3.19. The first-order valence-corrected chi connectivity index (χ1v) is 8.53. The molecule has 4 N–H and O–H groups in total. The molecule has 0 heterocycles. The maximum Gasteiger partial charge on any atom is 0.254 e. The fourth-order valence-corrected chi connectivity index (χ4v) is 2.56. The molecule has 0 aliphatic heterocycles. The van der Waals surface area contributed by atoms with E-state index in [-0.39, 0.29) is 13.0 Å². The van der Waals surface area contributed by atoms with Gasteiger partial charge in [-0.1, -0.05) is 36.4 Å². The van der Waals surface area contributed by atoms with Gasteiger partial charge in [0.25, 0.3) is 11.8 Å². The number of hydrogen-bond acceptors (Lipinski definition) is 4. The van der Waals surface area contributed by atoms with Crippen LogP contribution in [0.5, 0.6) is 0 Å². The molecule has 142 valence electrons. The highest BCUT2D eigenvalue weighted by Crippen LogP contribution is 2.14. The van der Waals surface area contributed by atoms with Crippen molar-refractivity contribution in [1.82, 2.24) is 4.90 Å². The molecule has 3 amide bonds. The fraction of sp³-hybridized carbons (Fsp3) is 0.250. The number of aliphatic hydroxyl groups is 1. The summed E-state index contributed by atoms with van der Waals surface area (Å²) in [5.41, 5.74) is 6.82. The number of aryl methyl sites for hydroxylation is 1. The van der Waals surface area contributed by atoms with Crippen LogP contribution in [0.25, 0.3) is 0 Å². The smallest absolute Gasteiger partial charge is 0.254 e. The first-order chi connectivity index (χ1) is 12.9. The Morgan fingerprint density at radius 3 is 2.48 bits per heavy atom. The van der Waals surface area contributed by atoms with E-state index in [1.54, 1.807) is 18.2 Å². The standard InChI is InChI=1S/C20H23N3O4/c1-23(13-18(21)25)20(27)15-8-5-9-16(12-15)22-19(26)17(24)11-10-14-6-3-2-4-7-14/h2-9,12,17,24H,10-11,13H2,1H3,(H2,21,25)(H,22,26). The highest BCUT2D eigenvalue weighted by molar-refractivity contribution is 5.99. The Labute approximate surface area is 157 Å². The monoisotopic (exact) mass is 369 g/mol. The van der Waals surface area contributed by atoms with Crippen LogP contribution in [0.2, 0.25) is 0 Å². The van der Waals surface area contributed by atoms with Crippen LogP contribution in [-0.4, -0.2) is 47.4 Å². The number of amides is 3. The molecule has 7 nitrogen and oxygen atoms in total. The summed E-state index contributed by atoms with van der Waals surface area (Å²) in [7, 11) is 1.46. The number of likely N-dealkylation sites (N-methyl/N-ethyl adjacent to an activating group) is 1. The number of aliphatic hydroxyl groups excluding tert-OH is 1. The molecule has 0 radical (unpaired) electrons. The van der Waals surface area contributed by atoms with E-state index in [0.717, 1.165) is 5.56 Å². The normalized spacial score (nSPS) is 11.5. The number of anilines is 1. The molecule has 0 aromatic heterocycles. The van der Waals surface area contributed by atoms with Gasteiger partial charge in [0.05, 0.1) is 6.54 Å². The number of nitrogens with zero attached hydrogens (tertiary/aromatic N) is 1. The van der Waals surface area contributed by atoms with Crippen LogP contribution in [0, 0.1) is 0 Å². The van der Waals surface area contributed by atoms with Gasteiger partial charge < -0.3 is 21.1 Å². The second-order valence-corrected chi connectivity index (χ2v) is 6.24. The maximum absolute atomic E-state index is 12.3. The molecular formula is C20H23N3O4. The molecule has 2 aromatic carbocycles. The van der Waals surface area contributed by atoms with E-state index in [4.69, 9.17) is 5.73 Å². The molecule has 2 rings (SSSR count). The molecule has 0 saturated heterocycles. The van der Waals surface area contributed by atoms with Crippen LogP contribution >= 0.6 is 0 Å². The highest BCUT2D eigenvalue weighted by atomic mass is 16.3. The van der Waals surface area contributed by atoms with Crippen molar-refractivity contribution >= 4 is 23.4 Å². The van der Waals surface area contributed by atoms with Gasteiger partial charge in [-0.2, -0.15) is 0 Å². The molecule has 27 heavy (non-hydrogen) atoms. The molecule has 0 fully saturated rings. The van der Waals surface area contributed by atoms with Gasteiger partial charge in [-0.3, -0.25) is 14.4 Å².